The minimum Gasteiger partial charge on any atom is -0.480 e. The van der Waals surface area contributed by atoms with Gasteiger partial charge in [-0.25, -0.2) is 9.18 Å². The van der Waals surface area contributed by atoms with E-state index in [1.165, 1.54) is 6.07 Å². The number of rotatable bonds is 3. The summed E-state index contributed by atoms with van der Waals surface area (Å²) in [4.78, 5) is 15.8. The lowest BCUT2D eigenvalue weighted by Gasteiger charge is -2.42. The van der Waals surface area contributed by atoms with Crippen molar-refractivity contribution in [2.45, 2.75) is 12.5 Å². The van der Waals surface area contributed by atoms with Crippen LogP contribution in [-0.4, -0.2) is 54.1 Å². The first-order chi connectivity index (χ1) is 9.35. The summed E-state index contributed by atoms with van der Waals surface area (Å²) in [6, 6.07) is 4.54. The maximum atomic E-state index is 14.2. The van der Waals surface area contributed by atoms with E-state index >= 15 is 0 Å². The highest BCUT2D eigenvalue weighted by Gasteiger charge is 2.44. The van der Waals surface area contributed by atoms with Crippen LogP contribution in [0.2, 0.25) is 0 Å². The molecule has 6 heteroatoms. The summed E-state index contributed by atoms with van der Waals surface area (Å²) in [7, 11) is 2.00. The van der Waals surface area contributed by atoms with Crippen LogP contribution in [0.1, 0.15) is 12.5 Å². The fourth-order valence-corrected chi connectivity index (χ4v) is 2.89. The SMILES string of the molecule is CN1CCN(C(C)(C(=O)O)c2ccc(Br)cc2F)CC1. The highest BCUT2D eigenvalue weighted by molar-refractivity contribution is 9.10. The second kappa shape index (κ2) is 5.79. The van der Waals surface area contributed by atoms with Gasteiger partial charge in [-0.3, -0.25) is 4.90 Å². The summed E-state index contributed by atoms with van der Waals surface area (Å²) in [5, 5.41) is 9.66. The fraction of sp³-hybridized carbons (Fsp3) is 0.500. The number of hydrogen-bond donors (Lipinski definition) is 1. The van der Waals surface area contributed by atoms with Crippen LogP contribution in [0, 0.1) is 5.82 Å². The number of carbonyl (C=O) groups is 1. The molecule has 1 aromatic carbocycles. The average Bonchev–Trinajstić information content (AvgIpc) is 2.38. The summed E-state index contributed by atoms with van der Waals surface area (Å²) in [5.41, 5.74) is -1.13. The van der Waals surface area contributed by atoms with Gasteiger partial charge in [0.2, 0.25) is 0 Å². The summed E-state index contributed by atoms with van der Waals surface area (Å²) in [6.07, 6.45) is 0. The molecule has 110 valence electrons. The van der Waals surface area contributed by atoms with Crippen molar-refractivity contribution in [3.8, 4) is 0 Å². The molecule has 20 heavy (non-hydrogen) atoms. The minimum absolute atomic E-state index is 0.206. The zero-order chi connectivity index (χ0) is 14.9. The van der Waals surface area contributed by atoms with Crippen molar-refractivity contribution in [2.75, 3.05) is 33.2 Å². The van der Waals surface area contributed by atoms with Gasteiger partial charge in [-0.15, -0.1) is 0 Å². The molecule has 0 bridgehead atoms. The van der Waals surface area contributed by atoms with Gasteiger partial charge in [0.25, 0.3) is 0 Å². The Labute approximate surface area is 126 Å². The number of nitrogens with zero attached hydrogens (tertiary/aromatic N) is 2. The van der Waals surface area contributed by atoms with Gasteiger partial charge < -0.3 is 10.0 Å². The van der Waals surface area contributed by atoms with Crippen LogP contribution < -0.4 is 0 Å². The third kappa shape index (κ3) is 2.73. The molecule has 0 saturated carbocycles. The van der Waals surface area contributed by atoms with Crippen LogP contribution in [0.4, 0.5) is 4.39 Å². The van der Waals surface area contributed by atoms with Gasteiger partial charge in [0.1, 0.15) is 11.4 Å². The van der Waals surface area contributed by atoms with Crippen LogP contribution in [-0.2, 0) is 10.3 Å². The Kier molecular flexibility index (Phi) is 4.46. The molecular formula is C14H18BrFN2O2. The molecule has 1 saturated heterocycles. The fourth-order valence-electron chi connectivity index (χ4n) is 2.56. The first kappa shape index (κ1) is 15.4. The van der Waals surface area contributed by atoms with E-state index in [1.807, 2.05) is 11.9 Å². The van der Waals surface area contributed by atoms with Crippen LogP contribution in [0.25, 0.3) is 0 Å². The molecule has 4 nitrogen and oxygen atoms in total. The number of carboxylic acids is 1. The Morgan fingerprint density at radius 3 is 2.45 bits per heavy atom. The van der Waals surface area contributed by atoms with Gasteiger partial charge in [0.05, 0.1) is 0 Å². The van der Waals surface area contributed by atoms with Crippen molar-refractivity contribution in [3.05, 3.63) is 34.1 Å². The largest absolute Gasteiger partial charge is 0.480 e. The first-order valence-electron chi connectivity index (χ1n) is 6.48. The minimum atomic E-state index is -1.34. The van der Waals surface area contributed by atoms with E-state index in [0.717, 1.165) is 13.1 Å². The predicted octanol–water partition coefficient (Wildman–Crippen LogP) is 2.14. The standard InChI is InChI=1S/C14H18BrFN2O2/c1-14(13(19)20,18-7-5-17(2)6-8-18)11-4-3-10(15)9-12(11)16/h3-4,9H,5-8H2,1-2H3,(H,19,20). The topological polar surface area (TPSA) is 43.8 Å². The average molecular weight is 345 g/mol. The first-order valence-corrected chi connectivity index (χ1v) is 7.27. The van der Waals surface area contributed by atoms with E-state index in [4.69, 9.17) is 0 Å². The summed E-state index contributed by atoms with van der Waals surface area (Å²) in [6.45, 7) is 4.35. The zero-order valence-corrected chi connectivity index (χ0v) is 13.2. The predicted molar refractivity (Wildman–Crippen MR) is 78.2 cm³/mol. The normalized spacial score (nSPS) is 20.6. The Bertz CT molecular complexity index is 518. The Hall–Kier alpha value is -0.980. The summed E-state index contributed by atoms with van der Waals surface area (Å²) in [5.74, 6) is -1.52. The lowest BCUT2D eigenvalue weighted by atomic mass is 9.89. The summed E-state index contributed by atoms with van der Waals surface area (Å²) < 4.78 is 14.8. The maximum absolute atomic E-state index is 14.2. The van der Waals surface area contributed by atoms with E-state index < -0.39 is 17.3 Å². The lowest BCUT2D eigenvalue weighted by molar-refractivity contribution is -0.152. The van der Waals surface area contributed by atoms with Crippen molar-refractivity contribution in [3.63, 3.8) is 0 Å². The highest BCUT2D eigenvalue weighted by Crippen LogP contribution is 2.32. The van der Waals surface area contributed by atoms with Gasteiger partial charge in [0, 0.05) is 36.2 Å². The van der Waals surface area contributed by atoms with Crippen LogP contribution >= 0.6 is 15.9 Å². The van der Waals surface area contributed by atoms with E-state index in [9.17, 15) is 14.3 Å². The number of halogens is 2. The van der Waals surface area contributed by atoms with Crippen molar-refractivity contribution in [1.82, 2.24) is 9.80 Å². The Balaban J connectivity index is 2.41. The smallest absolute Gasteiger partial charge is 0.328 e. The molecule has 0 aliphatic carbocycles. The number of benzene rings is 1. The Morgan fingerprint density at radius 2 is 1.95 bits per heavy atom. The van der Waals surface area contributed by atoms with E-state index in [1.54, 1.807) is 19.1 Å². The number of likely N-dealkylation sites (N-methyl/N-ethyl adjacent to an activating group) is 1. The summed E-state index contributed by atoms with van der Waals surface area (Å²) >= 11 is 3.20. The van der Waals surface area contributed by atoms with Crippen molar-refractivity contribution >= 4 is 21.9 Å². The van der Waals surface area contributed by atoms with Crippen molar-refractivity contribution in [2.24, 2.45) is 0 Å². The molecule has 1 aromatic rings. The molecular weight excluding hydrogens is 327 g/mol. The van der Waals surface area contributed by atoms with Gasteiger partial charge in [-0.1, -0.05) is 22.0 Å². The monoisotopic (exact) mass is 344 g/mol. The molecule has 1 fully saturated rings. The number of carboxylic acid groups (broad SMARTS) is 1. The van der Waals surface area contributed by atoms with E-state index in [0.29, 0.717) is 17.6 Å². The molecule has 1 heterocycles. The third-order valence-corrected chi connectivity index (χ3v) is 4.50. The molecule has 1 aliphatic heterocycles. The van der Waals surface area contributed by atoms with E-state index in [-0.39, 0.29) is 5.56 Å². The Morgan fingerprint density at radius 1 is 1.35 bits per heavy atom. The van der Waals surface area contributed by atoms with Crippen LogP contribution in [0.3, 0.4) is 0 Å². The molecule has 0 spiro atoms. The lowest BCUT2D eigenvalue weighted by Crippen LogP contribution is -2.57. The van der Waals surface area contributed by atoms with Crippen molar-refractivity contribution in [1.29, 1.82) is 0 Å². The highest BCUT2D eigenvalue weighted by atomic mass is 79.9. The molecule has 2 rings (SSSR count). The third-order valence-electron chi connectivity index (χ3n) is 4.01. The van der Waals surface area contributed by atoms with Gasteiger partial charge in [0.15, 0.2) is 0 Å². The maximum Gasteiger partial charge on any atom is 0.328 e. The molecule has 1 atom stereocenters. The number of aliphatic carboxylic acids is 1. The molecule has 0 amide bonds. The number of hydrogen-bond acceptors (Lipinski definition) is 3. The van der Waals surface area contributed by atoms with Crippen LogP contribution in [0.15, 0.2) is 22.7 Å². The van der Waals surface area contributed by atoms with Crippen molar-refractivity contribution < 1.29 is 14.3 Å². The van der Waals surface area contributed by atoms with Gasteiger partial charge in [-0.05, 0) is 26.1 Å². The second-order valence-electron chi connectivity index (χ2n) is 5.29. The van der Waals surface area contributed by atoms with Crippen LogP contribution in [0.5, 0.6) is 0 Å². The number of piperazine rings is 1. The second-order valence-corrected chi connectivity index (χ2v) is 6.21. The van der Waals surface area contributed by atoms with Gasteiger partial charge in [-0.2, -0.15) is 0 Å². The molecule has 1 aliphatic rings. The molecule has 1 N–H and O–H groups in total. The molecule has 0 radical (unpaired) electrons. The zero-order valence-electron chi connectivity index (χ0n) is 11.6. The van der Waals surface area contributed by atoms with Gasteiger partial charge >= 0.3 is 5.97 Å². The molecule has 0 aromatic heterocycles. The van der Waals surface area contributed by atoms with E-state index in [2.05, 4.69) is 20.8 Å². The quantitative estimate of drug-likeness (QED) is 0.912. The molecule has 1 unspecified atom stereocenters.